The van der Waals surface area contributed by atoms with Crippen molar-refractivity contribution in [3.63, 3.8) is 0 Å². The maximum atomic E-state index is 12.3. The number of alkyl halides is 3. The smallest absolute Gasteiger partial charge is 0.422 e. The molecule has 2 heterocycles. The van der Waals surface area contributed by atoms with E-state index in [4.69, 9.17) is 0 Å². The van der Waals surface area contributed by atoms with E-state index in [0.717, 1.165) is 4.57 Å². The van der Waals surface area contributed by atoms with Gasteiger partial charge in [-0.3, -0.25) is 4.79 Å². The van der Waals surface area contributed by atoms with Crippen LogP contribution in [-0.2, 0) is 13.5 Å². The normalized spacial score (nSPS) is 11.9. The van der Waals surface area contributed by atoms with E-state index < -0.39 is 35.8 Å². The molecule has 0 fully saturated rings. The molecule has 0 aliphatic rings. The molecule has 120 valence electrons. The molecular formula is C13H13F3N2O4. The Bertz CT molecular complexity index is 789. The molecule has 2 aromatic rings. The molecule has 0 aliphatic carbocycles. The number of aromatic amines is 1. The Balaban J connectivity index is 2.74. The van der Waals surface area contributed by atoms with Crippen LogP contribution >= 0.6 is 0 Å². The lowest BCUT2D eigenvalue weighted by Gasteiger charge is -2.09. The highest BCUT2D eigenvalue weighted by Crippen LogP contribution is 2.32. The number of pyridine rings is 1. The van der Waals surface area contributed by atoms with Crippen molar-refractivity contribution < 1.29 is 27.8 Å². The number of rotatable bonds is 4. The van der Waals surface area contributed by atoms with Crippen LogP contribution in [-0.4, -0.2) is 33.4 Å². The van der Waals surface area contributed by atoms with Crippen LogP contribution in [0.1, 0.15) is 23.1 Å². The number of aromatic nitrogens is 2. The number of hydrogen-bond donors (Lipinski definition) is 2. The molecule has 2 N–H and O–H groups in total. The number of halogens is 3. The third-order valence-electron chi connectivity index (χ3n) is 3.17. The first-order chi connectivity index (χ1) is 10.2. The van der Waals surface area contributed by atoms with Crippen molar-refractivity contribution in [1.29, 1.82) is 0 Å². The van der Waals surface area contributed by atoms with Crippen molar-refractivity contribution in [1.82, 2.24) is 9.55 Å². The molecule has 0 atom stereocenters. The van der Waals surface area contributed by atoms with Gasteiger partial charge in [0.1, 0.15) is 5.39 Å². The molecule has 0 bridgehead atoms. The summed E-state index contributed by atoms with van der Waals surface area (Å²) < 4.78 is 42.7. The van der Waals surface area contributed by atoms with Crippen LogP contribution in [0.4, 0.5) is 13.2 Å². The quantitative estimate of drug-likeness (QED) is 0.904. The maximum absolute atomic E-state index is 12.3. The first kappa shape index (κ1) is 15.9. The highest BCUT2D eigenvalue weighted by atomic mass is 19.4. The van der Waals surface area contributed by atoms with E-state index in [2.05, 4.69) is 9.72 Å². The molecule has 0 unspecified atom stereocenters. The Morgan fingerprint density at radius 1 is 1.45 bits per heavy atom. The van der Waals surface area contributed by atoms with Crippen LogP contribution in [0.15, 0.2) is 10.9 Å². The Labute approximate surface area is 122 Å². The van der Waals surface area contributed by atoms with Gasteiger partial charge in [0.05, 0.1) is 5.52 Å². The Morgan fingerprint density at radius 2 is 2.09 bits per heavy atom. The molecule has 6 nitrogen and oxygen atoms in total. The second kappa shape index (κ2) is 5.39. The molecule has 0 aromatic carbocycles. The zero-order valence-electron chi connectivity index (χ0n) is 11.7. The third-order valence-corrected chi connectivity index (χ3v) is 3.17. The SMILES string of the molecule is CCc1cc2c(c(OCC(F)(F)F)c(C(=O)O)n2C)c(=O)[nH]1. The van der Waals surface area contributed by atoms with Gasteiger partial charge in [-0.2, -0.15) is 13.2 Å². The summed E-state index contributed by atoms with van der Waals surface area (Å²) in [5.74, 6) is -2.06. The fourth-order valence-corrected chi connectivity index (χ4v) is 2.20. The minimum Gasteiger partial charge on any atom is -0.481 e. The minimum atomic E-state index is -4.64. The van der Waals surface area contributed by atoms with Crippen LogP contribution in [0.2, 0.25) is 0 Å². The van der Waals surface area contributed by atoms with Gasteiger partial charge >= 0.3 is 12.1 Å². The van der Waals surface area contributed by atoms with Crippen LogP contribution in [0.25, 0.3) is 10.9 Å². The highest BCUT2D eigenvalue weighted by Gasteiger charge is 2.32. The van der Waals surface area contributed by atoms with Gasteiger partial charge in [-0.1, -0.05) is 6.92 Å². The summed E-state index contributed by atoms with van der Waals surface area (Å²) in [6.45, 7) is 0.0978. The number of aryl methyl sites for hydroxylation is 2. The number of aromatic carboxylic acids is 1. The lowest BCUT2D eigenvalue weighted by Crippen LogP contribution is -2.21. The fraction of sp³-hybridized carbons (Fsp3) is 0.385. The zero-order chi connectivity index (χ0) is 16.7. The van der Waals surface area contributed by atoms with Crippen molar-refractivity contribution in [3.8, 4) is 5.75 Å². The Kier molecular flexibility index (Phi) is 3.90. The second-order valence-corrected chi connectivity index (χ2v) is 4.68. The third kappa shape index (κ3) is 2.78. The van der Waals surface area contributed by atoms with E-state index in [-0.39, 0.29) is 10.9 Å². The topological polar surface area (TPSA) is 84.3 Å². The number of nitrogens with zero attached hydrogens (tertiary/aromatic N) is 1. The molecule has 0 aliphatic heterocycles. The van der Waals surface area contributed by atoms with Crippen molar-refractivity contribution in [2.24, 2.45) is 7.05 Å². The Morgan fingerprint density at radius 3 is 2.59 bits per heavy atom. The average Bonchev–Trinajstić information content (AvgIpc) is 2.69. The molecule has 22 heavy (non-hydrogen) atoms. The van der Waals surface area contributed by atoms with Gasteiger partial charge in [0.2, 0.25) is 0 Å². The molecule has 0 spiro atoms. The lowest BCUT2D eigenvalue weighted by atomic mass is 10.2. The summed E-state index contributed by atoms with van der Waals surface area (Å²) >= 11 is 0. The molecule has 0 saturated heterocycles. The number of nitrogens with one attached hydrogen (secondary N) is 1. The molecule has 9 heteroatoms. The van der Waals surface area contributed by atoms with Gasteiger partial charge in [-0.25, -0.2) is 4.79 Å². The number of hydrogen-bond acceptors (Lipinski definition) is 3. The largest absolute Gasteiger partial charge is 0.481 e. The summed E-state index contributed by atoms with van der Waals surface area (Å²) in [6.07, 6.45) is -4.16. The van der Waals surface area contributed by atoms with E-state index in [1.54, 1.807) is 6.92 Å². The van der Waals surface area contributed by atoms with Gasteiger partial charge in [0.25, 0.3) is 5.56 Å². The monoisotopic (exact) mass is 318 g/mol. The summed E-state index contributed by atoms with van der Waals surface area (Å²) in [7, 11) is 1.35. The van der Waals surface area contributed by atoms with E-state index in [0.29, 0.717) is 12.1 Å². The first-order valence-electron chi connectivity index (χ1n) is 6.33. The Hall–Kier alpha value is -2.45. The van der Waals surface area contributed by atoms with E-state index in [9.17, 15) is 27.9 Å². The van der Waals surface area contributed by atoms with E-state index in [1.807, 2.05) is 0 Å². The molecule has 2 aromatic heterocycles. The predicted octanol–water partition coefficient (Wildman–Crippen LogP) is 2.07. The number of carboxylic acid groups (broad SMARTS) is 1. The van der Waals surface area contributed by atoms with E-state index in [1.165, 1.54) is 13.1 Å². The average molecular weight is 318 g/mol. The summed E-state index contributed by atoms with van der Waals surface area (Å²) in [4.78, 5) is 25.9. The van der Waals surface area contributed by atoms with Crippen LogP contribution in [0, 0.1) is 0 Å². The summed E-state index contributed by atoms with van der Waals surface area (Å²) in [5, 5.41) is 8.99. The van der Waals surface area contributed by atoms with Gasteiger partial charge in [-0.05, 0) is 12.5 Å². The van der Waals surface area contributed by atoms with Crippen LogP contribution in [0.5, 0.6) is 5.75 Å². The zero-order valence-corrected chi connectivity index (χ0v) is 11.7. The first-order valence-corrected chi connectivity index (χ1v) is 6.33. The fourth-order valence-electron chi connectivity index (χ4n) is 2.20. The summed E-state index contributed by atoms with van der Waals surface area (Å²) in [5.41, 5.74) is -0.444. The van der Waals surface area contributed by atoms with Gasteiger partial charge < -0.3 is 19.4 Å². The van der Waals surface area contributed by atoms with Crippen molar-refractivity contribution in [2.75, 3.05) is 6.61 Å². The molecule has 2 rings (SSSR count). The molecular weight excluding hydrogens is 305 g/mol. The van der Waals surface area contributed by atoms with Crippen molar-refractivity contribution in [3.05, 3.63) is 27.8 Å². The highest BCUT2D eigenvalue weighted by molar-refractivity contribution is 6.00. The summed E-state index contributed by atoms with van der Waals surface area (Å²) in [6, 6.07) is 1.52. The van der Waals surface area contributed by atoms with Crippen molar-refractivity contribution in [2.45, 2.75) is 19.5 Å². The lowest BCUT2D eigenvalue weighted by molar-refractivity contribution is -0.153. The number of H-pyrrole nitrogens is 1. The second-order valence-electron chi connectivity index (χ2n) is 4.68. The maximum Gasteiger partial charge on any atom is 0.422 e. The number of carboxylic acids is 1. The van der Waals surface area contributed by atoms with Crippen LogP contribution in [0.3, 0.4) is 0 Å². The van der Waals surface area contributed by atoms with Gasteiger partial charge in [-0.15, -0.1) is 0 Å². The number of carbonyl (C=O) groups is 1. The van der Waals surface area contributed by atoms with Gasteiger partial charge in [0, 0.05) is 12.7 Å². The van der Waals surface area contributed by atoms with Gasteiger partial charge in [0.15, 0.2) is 18.1 Å². The standard InChI is InChI=1S/C13H13F3N2O4/c1-3-6-4-7-8(11(19)17-6)10(22-5-13(14,15)16)9(12(20)21)18(7)2/h4H,3,5H2,1-2H3,(H,17,19)(H,20,21). The van der Waals surface area contributed by atoms with E-state index >= 15 is 0 Å². The minimum absolute atomic E-state index is 0.204. The molecule has 0 amide bonds. The molecule has 0 radical (unpaired) electrons. The number of fused-ring (bicyclic) bond motifs is 1. The number of ether oxygens (including phenoxy) is 1. The van der Waals surface area contributed by atoms with Crippen LogP contribution < -0.4 is 10.3 Å². The predicted molar refractivity (Wildman–Crippen MR) is 71.4 cm³/mol. The molecule has 0 saturated carbocycles. The van der Waals surface area contributed by atoms with Crippen molar-refractivity contribution >= 4 is 16.9 Å².